The molecule has 7 heteroatoms. The Labute approximate surface area is 119 Å². The number of rotatable bonds is 6. The molecule has 0 fully saturated rings. The molecule has 0 aromatic heterocycles. The molecule has 0 saturated heterocycles. The number of halogens is 2. The first-order valence-electron chi connectivity index (χ1n) is 5.90. The summed E-state index contributed by atoms with van der Waals surface area (Å²) in [4.78, 5) is 23.1. The third-order valence-electron chi connectivity index (χ3n) is 2.86. The maximum Gasteiger partial charge on any atom is 0.329 e. The molecule has 110 valence electrons. The maximum atomic E-state index is 13.0. The molecule has 1 atom stereocenters. The summed E-state index contributed by atoms with van der Waals surface area (Å²) in [6.45, 7) is 3.06. The van der Waals surface area contributed by atoms with Crippen molar-refractivity contribution >= 4 is 23.6 Å². The molecule has 4 nitrogen and oxygen atoms in total. The topological polar surface area (TPSA) is 66.4 Å². The highest BCUT2D eigenvalue weighted by atomic mass is 32.2. The van der Waals surface area contributed by atoms with Crippen LogP contribution in [-0.4, -0.2) is 28.3 Å². The third kappa shape index (κ3) is 4.19. The molecule has 0 saturated carbocycles. The number of hydrogen-bond donors (Lipinski definition) is 2. The molecule has 1 aromatic carbocycles. The second-order valence-corrected chi connectivity index (χ2v) is 5.45. The van der Waals surface area contributed by atoms with Crippen molar-refractivity contribution < 1.29 is 23.5 Å². The standard InChI is InChI=1S/C13H15F2NO3S/c1-3-13(2,12(18)19)16-11(17)7-20-8-4-5-9(14)10(15)6-8/h4-6H,3,7H2,1-2H3,(H,16,17)(H,18,19). The Balaban J connectivity index is 2.59. The number of carboxylic acid groups (broad SMARTS) is 1. The zero-order chi connectivity index (χ0) is 15.3. The van der Waals surface area contributed by atoms with Crippen LogP contribution in [0, 0.1) is 11.6 Å². The van der Waals surface area contributed by atoms with Crippen molar-refractivity contribution in [3.8, 4) is 0 Å². The average molecular weight is 303 g/mol. The Hall–Kier alpha value is -1.63. The molecule has 20 heavy (non-hydrogen) atoms. The van der Waals surface area contributed by atoms with Crippen LogP contribution in [0.5, 0.6) is 0 Å². The fourth-order valence-corrected chi connectivity index (χ4v) is 2.07. The van der Waals surface area contributed by atoms with Gasteiger partial charge in [-0.1, -0.05) is 6.92 Å². The molecule has 0 heterocycles. The zero-order valence-electron chi connectivity index (χ0n) is 11.1. The van der Waals surface area contributed by atoms with Crippen molar-refractivity contribution in [3.63, 3.8) is 0 Å². The van der Waals surface area contributed by atoms with Gasteiger partial charge in [-0.3, -0.25) is 4.79 Å². The van der Waals surface area contributed by atoms with Gasteiger partial charge in [0.25, 0.3) is 0 Å². The summed E-state index contributed by atoms with van der Waals surface area (Å²) < 4.78 is 25.7. The Bertz CT molecular complexity index is 524. The molecule has 1 rings (SSSR count). The van der Waals surface area contributed by atoms with E-state index in [0.717, 1.165) is 23.9 Å². The lowest BCUT2D eigenvalue weighted by molar-refractivity contribution is -0.146. The largest absolute Gasteiger partial charge is 0.480 e. The van der Waals surface area contributed by atoms with E-state index in [9.17, 15) is 18.4 Å². The number of hydrogen-bond acceptors (Lipinski definition) is 3. The highest BCUT2D eigenvalue weighted by molar-refractivity contribution is 8.00. The van der Waals surface area contributed by atoms with Crippen LogP contribution in [0.25, 0.3) is 0 Å². The number of benzene rings is 1. The van der Waals surface area contributed by atoms with Gasteiger partial charge in [0.2, 0.25) is 5.91 Å². The minimum Gasteiger partial charge on any atom is -0.480 e. The lowest BCUT2D eigenvalue weighted by Gasteiger charge is -2.24. The first-order valence-corrected chi connectivity index (χ1v) is 6.89. The van der Waals surface area contributed by atoms with Crippen LogP contribution in [0.15, 0.2) is 23.1 Å². The number of thioether (sulfide) groups is 1. The van der Waals surface area contributed by atoms with E-state index >= 15 is 0 Å². The van der Waals surface area contributed by atoms with Gasteiger partial charge in [0.05, 0.1) is 5.75 Å². The number of amides is 1. The lowest BCUT2D eigenvalue weighted by Crippen LogP contribution is -2.52. The van der Waals surface area contributed by atoms with E-state index in [4.69, 9.17) is 5.11 Å². The first-order chi connectivity index (χ1) is 9.28. The van der Waals surface area contributed by atoms with Crippen molar-refractivity contribution in [3.05, 3.63) is 29.8 Å². The van der Waals surface area contributed by atoms with Gasteiger partial charge >= 0.3 is 5.97 Å². The molecule has 0 spiro atoms. The minimum absolute atomic E-state index is 0.0755. The molecular weight excluding hydrogens is 288 g/mol. The Morgan fingerprint density at radius 2 is 2.00 bits per heavy atom. The summed E-state index contributed by atoms with van der Waals surface area (Å²) in [6.07, 6.45) is 0.240. The van der Waals surface area contributed by atoms with Crippen molar-refractivity contribution in [2.24, 2.45) is 0 Å². The highest BCUT2D eigenvalue weighted by Gasteiger charge is 2.32. The molecule has 2 N–H and O–H groups in total. The molecule has 1 amide bonds. The minimum atomic E-state index is -1.33. The quantitative estimate of drug-likeness (QED) is 0.792. The van der Waals surface area contributed by atoms with E-state index in [1.807, 2.05) is 0 Å². The van der Waals surface area contributed by atoms with E-state index in [1.165, 1.54) is 13.0 Å². The summed E-state index contributed by atoms with van der Waals surface area (Å²) in [5.41, 5.74) is -1.33. The smallest absolute Gasteiger partial charge is 0.329 e. The van der Waals surface area contributed by atoms with Crippen LogP contribution < -0.4 is 5.32 Å². The molecular formula is C13H15F2NO3S. The molecule has 0 aliphatic heterocycles. The Morgan fingerprint density at radius 1 is 1.35 bits per heavy atom. The molecule has 0 radical (unpaired) electrons. The lowest BCUT2D eigenvalue weighted by atomic mass is 9.99. The number of carboxylic acids is 1. The van der Waals surface area contributed by atoms with E-state index < -0.39 is 29.0 Å². The SMILES string of the molecule is CCC(C)(NC(=O)CSc1ccc(F)c(F)c1)C(=O)O. The van der Waals surface area contributed by atoms with Crippen molar-refractivity contribution in [1.82, 2.24) is 5.32 Å². The van der Waals surface area contributed by atoms with Gasteiger partial charge in [0, 0.05) is 4.90 Å². The third-order valence-corrected chi connectivity index (χ3v) is 3.85. The Kier molecular flexibility index (Phi) is 5.50. The van der Waals surface area contributed by atoms with E-state index in [2.05, 4.69) is 5.32 Å². The maximum absolute atomic E-state index is 13.0. The predicted molar refractivity (Wildman–Crippen MR) is 71.6 cm³/mol. The summed E-state index contributed by atoms with van der Waals surface area (Å²) in [5.74, 6) is -3.62. The first kappa shape index (κ1) is 16.4. The Morgan fingerprint density at radius 3 is 2.50 bits per heavy atom. The van der Waals surface area contributed by atoms with Crippen LogP contribution in [0.4, 0.5) is 8.78 Å². The van der Waals surface area contributed by atoms with Crippen LogP contribution in [0.1, 0.15) is 20.3 Å². The molecule has 1 aromatic rings. The van der Waals surface area contributed by atoms with Gasteiger partial charge in [-0.05, 0) is 31.5 Å². The number of nitrogens with one attached hydrogen (secondary N) is 1. The van der Waals surface area contributed by atoms with Gasteiger partial charge in [-0.2, -0.15) is 0 Å². The second kappa shape index (κ2) is 6.69. The van der Waals surface area contributed by atoms with E-state index in [-0.39, 0.29) is 12.2 Å². The van der Waals surface area contributed by atoms with Crippen molar-refractivity contribution in [2.45, 2.75) is 30.7 Å². The monoisotopic (exact) mass is 303 g/mol. The summed E-state index contributed by atoms with van der Waals surface area (Å²) in [6, 6.07) is 3.32. The average Bonchev–Trinajstić information content (AvgIpc) is 2.39. The second-order valence-electron chi connectivity index (χ2n) is 4.40. The molecule has 0 bridgehead atoms. The number of carbonyl (C=O) groups is 2. The van der Waals surface area contributed by atoms with Crippen molar-refractivity contribution in [1.29, 1.82) is 0 Å². The summed E-state index contributed by atoms with van der Waals surface area (Å²) in [7, 11) is 0. The fraction of sp³-hybridized carbons (Fsp3) is 0.385. The van der Waals surface area contributed by atoms with Crippen LogP contribution in [0.2, 0.25) is 0 Å². The molecule has 0 aliphatic rings. The summed E-state index contributed by atoms with van der Waals surface area (Å²) in [5, 5.41) is 11.4. The van der Waals surface area contributed by atoms with Gasteiger partial charge < -0.3 is 10.4 Å². The fourth-order valence-electron chi connectivity index (χ4n) is 1.35. The van der Waals surface area contributed by atoms with E-state index in [1.54, 1.807) is 6.92 Å². The van der Waals surface area contributed by atoms with Crippen LogP contribution in [0.3, 0.4) is 0 Å². The van der Waals surface area contributed by atoms with Crippen molar-refractivity contribution in [2.75, 3.05) is 5.75 Å². The van der Waals surface area contributed by atoms with E-state index in [0.29, 0.717) is 4.90 Å². The highest BCUT2D eigenvalue weighted by Crippen LogP contribution is 2.20. The predicted octanol–water partition coefficient (Wildman–Crippen LogP) is 2.43. The number of carbonyl (C=O) groups excluding carboxylic acids is 1. The van der Waals surface area contributed by atoms with Gasteiger partial charge in [-0.15, -0.1) is 11.8 Å². The number of aliphatic carboxylic acids is 1. The van der Waals surface area contributed by atoms with Gasteiger partial charge in [-0.25, -0.2) is 13.6 Å². The van der Waals surface area contributed by atoms with Gasteiger partial charge in [0.15, 0.2) is 11.6 Å². The van der Waals surface area contributed by atoms with Crippen LogP contribution in [-0.2, 0) is 9.59 Å². The van der Waals surface area contributed by atoms with Gasteiger partial charge in [0.1, 0.15) is 5.54 Å². The normalized spacial score (nSPS) is 13.6. The molecule has 1 unspecified atom stereocenters. The van der Waals surface area contributed by atoms with Crippen LogP contribution >= 0.6 is 11.8 Å². The molecule has 0 aliphatic carbocycles. The summed E-state index contributed by atoms with van der Waals surface area (Å²) >= 11 is 1.00. The zero-order valence-corrected chi connectivity index (χ0v) is 11.9.